The topological polar surface area (TPSA) is 68.7 Å². The van der Waals surface area contributed by atoms with E-state index in [0.717, 1.165) is 18.8 Å². The molecule has 3 heterocycles. The number of hydrogen-bond acceptors (Lipinski definition) is 5. The highest BCUT2D eigenvalue weighted by Crippen LogP contribution is 2.38. The normalized spacial score (nSPS) is 17.6. The molecule has 2 unspecified atom stereocenters. The van der Waals surface area contributed by atoms with Crippen molar-refractivity contribution in [3.63, 3.8) is 0 Å². The molecule has 4 rings (SSSR count). The lowest BCUT2D eigenvalue weighted by Gasteiger charge is -2.31. The Morgan fingerprint density at radius 3 is 2.66 bits per heavy atom. The molecule has 0 bridgehead atoms. The number of alkyl halides is 3. The molecule has 0 spiro atoms. The van der Waals surface area contributed by atoms with Crippen LogP contribution in [-0.4, -0.2) is 39.4 Å². The number of nitrogens with two attached hydrogens (primary N) is 1. The molecule has 2 N–H and O–H groups in total. The Kier molecular flexibility index (Phi) is 5.92. The second-order valence-corrected chi connectivity index (χ2v) is 7.75. The number of allylic oxidation sites excluding steroid dienone is 2. The summed E-state index contributed by atoms with van der Waals surface area (Å²) < 4.78 is 47.7. The lowest BCUT2D eigenvalue weighted by molar-refractivity contribution is -0.136. The third-order valence-electron chi connectivity index (χ3n) is 5.69. The number of anilines is 1. The maximum atomic E-state index is 13.7. The molecule has 2 atom stereocenters. The van der Waals surface area contributed by atoms with E-state index in [2.05, 4.69) is 29.1 Å². The minimum atomic E-state index is -4.58. The summed E-state index contributed by atoms with van der Waals surface area (Å²) >= 11 is 0. The number of aromatic nitrogens is 3. The molecule has 3 aromatic rings. The van der Waals surface area contributed by atoms with Gasteiger partial charge in [-0.05, 0) is 30.0 Å². The van der Waals surface area contributed by atoms with E-state index < -0.39 is 11.7 Å². The van der Waals surface area contributed by atoms with Gasteiger partial charge in [0, 0.05) is 25.4 Å². The van der Waals surface area contributed by atoms with E-state index in [1.54, 1.807) is 13.2 Å². The number of nitrogen functional groups attached to an aromatic ring is 1. The lowest BCUT2D eigenvalue weighted by atomic mass is 9.97. The molecular formula is C23H24F3N5O. The van der Waals surface area contributed by atoms with Crippen LogP contribution in [0, 0.1) is 0 Å². The predicted molar refractivity (Wildman–Crippen MR) is 116 cm³/mol. The van der Waals surface area contributed by atoms with E-state index in [-0.39, 0.29) is 23.3 Å². The molecular weight excluding hydrogens is 419 g/mol. The highest BCUT2D eigenvalue weighted by atomic mass is 19.4. The van der Waals surface area contributed by atoms with Crippen LogP contribution in [0.25, 0.3) is 11.1 Å². The van der Waals surface area contributed by atoms with Gasteiger partial charge in [0.15, 0.2) is 5.82 Å². The fourth-order valence-electron chi connectivity index (χ4n) is 3.93. The number of ether oxygens (including phenoxy) is 1. The first kappa shape index (κ1) is 21.9. The first-order valence-corrected chi connectivity index (χ1v) is 10.2. The van der Waals surface area contributed by atoms with Crippen molar-refractivity contribution in [2.24, 2.45) is 0 Å². The van der Waals surface area contributed by atoms with Crippen LogP contribution in [0.4, 0.5) is 19.0 Å². The van der Waals surface area contributed by atoms with E-state index in [4.69, 9.17) is 10.5 Å². The number of benzene rings is 1. The first-order valence-electron chi connectivity index (χ1n) is 10.2. The van der Waals surface area contributed by atoms with Crippen LogP contribution in [0.2, 0.25) is 0 Å². The number of nitrogens with zero attached hydrogens (tertiary/aromatic N) is 4. The Hall–Kier alpha value is -3.33. The standard InChI is InChI=1S/C23H24F3N5O/c1-15(16-6-4-3-5-7-16)10-11-30-13-17(8-9-20(30)32-2)19-12-18(23(24,25)26)21-22(27)28-14-29-31(19)21/h3-9,12-15,20H,10-11H2,1-2H3,(H2,27,28,29). The summed E-state index contributed by atoms with van der Waals surface area (Å²) in [5.41, 5.74) is 6.75. The van der Waals surface area contributed by atoms with Gasteiger partial charge in [0.2, 0.25) is 0 Å². The van der Waals surface area contributed by atoms with Gasteiger partial charge >= 0.3 is 6.18 Å². The lowest BCUT2D eigenvalue weighted by Crippen LogP contribution is -2.34. The molecule has 0 radical (unpaired) electrons. The molecule has 1 aliphatic heterocycles. The van der Waals surface area contributed by atoms with Crippen molar-refractivity contribution in [2.75, 3.05) is 19.4 Å². The van der Waals surface area contributed by atoms with Crippen LogP contribution in [0.1, 0.15) is 36.1 Å². The summed E-state index contributed by atoms with van der Waals surface area (Å²) in [4.78, 5) is 5.71. The molecule has 32 heavy (non-hydrogen) atoms. The van der Waals surface area contributed by atoms with Crippen molar-refractivity contribution in [3.05, 3.63) is 77.9 Å². The Bertz CT molecular complexity index is 1150. The largest absolute Gasteiger partial charge is 0.418 e. The zero-order valence-corrected chi connectivity index (χ0v) is 17.8. The van der Waals surface area contributed by atoms with Crippen LogP contribution in [0.3, 0.4) is 0 Å². The minimum absolute atomic E-state index is 0.220. The quantitative estimate of drug-likeness (QED) is 0.598. The van der Waals surface area contributed by atoms with Gasteiger partial charge in [0.1, 0.15) is 18.1 Å². The van der Waals surface area contributed by atoms with Crippen molar-refractivity contribution < 1.29 is 17.9 Å². The SMILES string of the molecule is COC1C=CC(c2cc(C(F)(F)F)c3c(N)ncnn23)=CN1CCC(C)c1ccccc1. The van der Waals surface area contributed by atoms with Gasteiger partial charge in [0.25, 0.3) is 0 Å². The highest BCUT2D eigenvalue weighted by Gasteiger charge is 2.37. The number of rotatable bonds is 6. The fourth-order valence-corrected chi connectivity index (χ4v) is 3.93. The Balaban J connectivity index is 1.66. The van der Waals surface area contributed by atoms with E-state index >= 15 is 0 Å². The molecule has 0 saturated carbocycles. The zero-order valence-electron chi connectivity index (χ0n) is 17.8. The smallest absolute Gasteiger partial charge is 0.382 e. The minimum Gasteiger partial charge on any atom is -0.382 e. The van der Waals surface area contributed by atoms with Gasteiger partial charge in [-0.15, -0.1) is 0 Å². The summed E-state index contributed by atoms with van der Waals surface area (Å²) in [6.45, 7) is 2.81. The zero-order chi connectivity index (χ0) is 22.9. The van der Waals surface area contributed by atoms with Gasteiger partial charge in [-0.25, -0.2) is 9.50 Å². The molecule has 0 aliphatic carbocycles. The van der Waals surface area contributed by atoms with E-state index in [0.29, 0.717) is 18.0 Å². The summed E-state index contributed by atoms with van der Waals surface area (Å²) in [7, 11) is 1.60. The molecule has 1 aliphatic rings. The molecule has 6 nitrogen and oxygen atoms in total. The van der Waals surface area contributed by atoms with Crippen molar-refractivity contribution >= 4 is 16.9 Å². The van der Waals surface area contributed by atoms with Crippen molar-refractivity contribution in [3.8, 4) is 0 Å². The highest BCUT2D eigenvalue weighted by molar-refractivity contribution is 5.81. The summed E-state index contributed by atoms with van der Waals surface area (Å²) in [5.74, 6) is 0.0947. The summed E-state index contributed by atoms with van der Waals surface area (Å²) in [6.07, 6.45) is 2.48. The number of hydrogen-bond donors (Lipinski definition) is 1. The third-order valence-corrected chi connectivity index (χ3v) is 5.69. The Morgan fingerprint density at radius 2 is 1.97 bits per heavy atom. The summed E-state index contributed by atoms with van der Waals surface area (Å²) in [6, 6.07) is 11.2. The van der Waals surface area contributed by atoms with Crippen molar-refractivity contribution in [2.45, 2.75) is 31.7 Å². The number of methoxy groups -OCH3 is 1. The van der Waals surface area contributed by atoms with Gasteiger partial charge in [-0.1, -0.05) is 43.3 Å². The van der Waals surface area contributed by atoms with Gasteiger partial charge in [-0.2, -0.15) is 18.3 Å². The molecule has 9 heteroatoms. The Labute approximate surface area is 183 Å². The van der Waals surface area contributed by atoms with Gasteiger partial charge in [0.05, 0.1) is 11.3 Å². The Morgan fingerprint density at radius 1 is 1.22 bits per heavy atom. The van der Waals surface area contributed by atoms with Crippen LogP contribution >= 0.6 is 0 Å². The summed E-state index contributed by atoms with van der Waals surface area (Å²) in [5, 5.41) is 4.03. The molecule has 0 saturated heterocycles. The van der Waals surface area contributed by atoms with Crippen LogP contribution in [-0.2, 0) is 10.9 Å². The monoisotopic (exact) mass is 443 g/mol. The van der Waals surface area contributed by atoms with Gasteiger partial charge in [-0.3, -0.25) is 0 Å². The van der Waals surface area contributed by atoms with Gasteiger partial charge < -0.3 is 15.4 Å². The maximum Gasteiger partial charge on any atom is 0.418 e. The van der Waals surface area contributed by atoms with E-state index in [1.165, 1.54) is 10.1 Å². The fraction of sp³-hybridized carbons (Fsp3) is 0.304. The van der Waals surface area contributed by atoms with E-state index in [1.807, 2.05) is 35.4 Å². The van der Waals surface area contributed by atoms with Crippen molar-refractivity contribution in [1.82, 2.24) is 19.5 Å². The average molecular weight is 443 g/mol. The van der Waals surface area contributed by atoms with E-state index in [9.17, 15) is 13.2 Å². The molecule has 2 aromatic heterocycles. The number of fused-ring (bicyclic) bond motifs is 1. The molecule has 0 fully saturated rings. The molecule has 168 valence electrons. The second-order valence-electron chi connectivity index (χ2n) is 7.75. The number of halogens is 3. The maximum absolute atomic E-state index is 13.7. The third kappa shape index (κ3) is 4.20. The second kappa shape index (κ2) is 8.66. The van der Waals surface area contributed by atoms with Crippen LogP contribution in [0.15, 0.2) is 61.1 Å². The molecule has 1 aromatic carbocycles. The van der Waals surface area contributed by atoms with Crippen LogP contribution in [0.5, 0.6) is 0 Å². The first-order chi connectivity index (χ1) is 15.3. The van der Waals surface area contributed by atoms with Crippen molar-refractivity contribution in [1.29, 1.82) is 0 Å². The predicted octanol–water partition coefficient (Wildman–Crippen LogP) is 4.71. The van der Waals surface area contributed by atoms with Crippen LogP contribution < -0.4 is 5.73 Å². The average Bonchev–Trinajstić information content (AvgIpc) is 3.19. The molecule has 0 amide bonds.